The van der Waals surface area contributed by atoms with Gasteiger partial charge in [0.1, 0.15) is 18.0 Å². The van der Waals surface area contributed by atoms with Crippen molar-refractivity contribution in [3.63, 3.8) is 0 Å². The lowest BCUT2D eigenvalue weighted by atomic mass is 9.97. The largest absolute Gasteiger partial charge is 0.481 e. The van der Waals surface area contributed by atoms with Crippen molar-refractivity contribution in [2.45, 2.75) is 62.7 Å². The Morgan fingerprint density at radius 3 is 2.41 bits per heavy atom. The van der Waals surface area contributed by atoms with Crippen LogP contribution in [0.3, 0.4) is 0 Å². The third-order valence-corrected chi connectivity index (χ3v) is 7.31. The van der Waals surface area contributed by atoms with Crippen molar-refractivity contribution in [3.8, 4) is 17.6 Å². The number of hydrogen-bond acceptors (Lipinski definition) is 7. The Kier molecular flexibility index (Phi) is 8.18. The van der Waals surface area contributed by atoms with Gasteiger partial charge in [-0.25, -0.2) is 13.2 Å². The minimum atomic E-state index is -4.20. The summed E-state index contributed by atoms with van der Waals surface area (Å²) in [6.45, 7) is 8.62. The van der Waals surface area contributed by atoms with Crippen LogP contribution in [0.25, 0.3) is 0 Å². The Balaban J connectivity index is 2.41. The van der Waals surface area contributed by atoms with Crippen molar-refractivity contribution in [2.75, 3.05) is 26.3 Å². The highest BCUT2D eigenvalue weighted by Crippen LogP contribution is 2.36. The molecule has 1 aliphatic heterocycles. The summed E-state index contributed by atoms with van der Waals surface area (Å²) in [5.41, 5.74) is -0.752. The van der Waals surface area contributed by atoms with Crippen LogP contribution in [0.5, 0.6) is 5.75 Å². The van der Waals surface area contributed by atoms with E-state index in [4.69, 9.17) is 14.2 Å². The van der Waals surface area contributed by atoms with E-state index in [2.05, 4.69) is 11.8 Å². The van der Waals surface area contributed by atoms with E-state index in [9.17, 15) is 18.0 Å². The van der Waals surface area contributed by atoms with E-state index < -0.39 is 32.2 Å². The Hall–Kier alpha value is -2.73. The molecule has 0 saturated carbocycles. The first-order chi connectivity index (χ1) is 15.0. The van der Waals surface area contributed by atoms with E-state index in [1.54, 1.807) is 34.6 Å². The normalized spacial score (nSPS) is 18.8. The van der Waals surface area contributed by atoms with Gasteiger partial charge in [0.25, 0.3) is 0 Å². The summed E-state index contributed by atoms with van der Waals surface area (Å²) in [7, 11) is -4.20. The molecule has 1 heterocycles. The molecule has 1 amide bonds. The molecule has 9 heteroatoms. The molecule has 0 bridgehead atoms. The summed E-state index contributed by atoms with van der Waals surface area (Å²) in [6.07, 6.45) is -0.312. The fourth-order valence-electron chi connectivity index (χ4n) is 3.39. The number of piperidine rings is 1. The number of ether oxygens (including phenoxy) is 3. The first-order valence-electron chi connectivity index (χ1n) is 10.5. The summed E-state index contributed by atoms with van der Waals surface area (Å²) in [6, 6.07) is 5.80. The number of carbonyl (C=O) groups is 2. The molecule has 0 aromatic heterocycles. The van der Waals surface area contributed by atoms with E-state index >= 15 is 0 Å². The predicted octanol–water partition coefficient (Wildman–Crippen LogP) is 3.20. The van der Waals surface area contributed by atoms with Crippen LogP contribution in [0.15, 0.2) is 29.2 Å². The lowest BCUT2D eigenvalue weighted by Crippen LogP contribution is -2.60. The van der Waals surface area contributed by atoms with Gasteiger partial charge in [0.05, 0.1) is 18.0 Å². The van der Waals surface area contributed by atoms with Gasteiger partial charge >= 0.3 is 12.1 Å². The molecule has 1 aromatic rings. The number of nitrogens with zero attached hydrogens (tertiary/aromatic N) is 1. The van der Waals surface area contributed by atoms with Crippen molar-refractivity contribution in [1.29, 1.82) is 0 Å². The molecule has 1 fully saturated rings. The van der Waals surface area contributed by atoms with Crippen LogP contribution in [-0.2, 0) is 24.1 Å². The van der Waals surface area contributed by atoms with Gasteiger partial charge in [-0.05, 0) is 71.7 Å². The first-order valence-corrected chi connectivity index (χ1v) is 12.0. The maximum Gasteiger partial charge on any atom is 0.410 e. The SMILES string of the molecule is CC#CCOc1ccc(S(=O)(=O)C2(C(=O)OCC)CCCN(C(=O)OC(C)(C)C)C2)cc1. The Labute approximate surface area is 190 Å². The number of rotatable bonds is 6. The number of likely N-dealkylation sites (tertiary alicyclic amines) is 1. The lowest BCUT2D eigenvalue weighted by Gasteiger charge is -2.40. The van der Waals surface area contributed by atoms with E-state index in [-0.39, 0.29) is 37.6 Å². The van der Waals surface area contributed by atoms with Crippen LogP contribution in [0.2, 0.25) is 0 Å². The van der Waals surface area contributed by atoms with Crippen LogP contribution in [0.4, 0.5) is 4.79 Å². The first kappa shape index (κ1) is 25.5. The number of amides is 1. The Bertz CT molecular complexity index is 984. The molecule has 1 aromatic carbocycles. The van der Waals surface area contributed by atoms with Gasteiger partial charge in [0.2, 0.25) is 0 Å². The van der Waals surface area contributed by atoms with Crippen molar-refractivity contribution >= 4 is 21.9 Å². The maximum atomic E-state index is 13.7. The van der Waals surface area contributed by atoms with Crippen molar-refractivity contribution in [2.24, 2.45) is 0 Å². The third-order valence-electron chi connectivity index (χ3n) is 4.89. The van der Waals surface area contributed by atoms with Gasteiger partial charge in [0, 0.05) is 6.54 Å². The van der Waals surface area contributed by atoms with Crippen LogP contribution < -0.4 is 4.74 Å². The fourth-order valence-corrected chi connectivity index (χ4v) is 5.36. The van der Waals surface area contributed by atoms with Gasteiger partial charge < -0.3 is 19.1 Å². The molecule has 32 heavy (non-hydrogen) atoms. The molecule has 1 aliphatic rings. The summed E-state index contributed by atoms with van der Waals surface area (Å²) >= 11 is 0. The zero-order valence-electron chi connectivity index (χ0n) is 19.3. The number of hydrogen-bond donors (Lipinski definition) is 0. The minimum Gasteiger partial charge on any atom is -0.481 e. The van der Waals surface area contributed by atoms with Crippen LogP contribution in [0.1, 0.15) is 47.5 Å². The van der Waals surface area contributed by atoms with Gasteiger partial charge in [-0.15, -0.1) is 5.92 Å². The minimum absolute atomic E-state index is 0.0216. The smallest absolute Gasteiger partial charge is 0.410 e. The van der Waals surface area contributed by atoms with Crippen molar-refractivity contribution < 1.29 is 32.2 Å². The number of benzene rings is 1. The average Bonchev–Trinajstić information content (AvgIpc) is 2.73. The second kappa shape index (κ2) is 10.3. The molecule has 1 unspecified atom stereocenters. The summed E-state index contributed by atoms with van der Waals surface area (Å²) < 4.78 is 41.5. The number of sulfone groups is 1. The quantitative estimate of drug-likeness (QED) is 0.470. The second-order valence-corrected chi connectivity index (χ2v) is 10.7. The average molecular weight is 466 g/mol. The standard InChI is InChI=1S/C23H31NO7S/c1-6-8-16-30-18-10-12-19(13-11-18)32(27,28)23(20(25)29-7-2)14-9-15-24(17-23)21(26)31-22(3,4)5/h10-13H,7,9,14-17H2,1-5H3. The monoisotopic (exact) mass is 465 g/mol. The van der Waals surface area contributed by atoms with Gasteiger partial charge in [-0.3, -0.25) is 4.79 Å². The zero-order chi connectivity index (χ0) is 24.0. The summed E-state index contributed by atoms with van der Waals surface area (Å²) in [5, 5.41) is 0. The van der Waals surface area contributed by atoms with Crippen molar-refractivity contribution in [1.82, 2.24) is 4.90 Å². The molecule has 0 radical (unpaired) electrons. The maximum absolute atomic E-state index is 13.7. The molecule has 1 atom stereocenters. The van der Waals surface area contributed by atoms with Crippen LogP contribution >= 0.6 is 0 Å². The molecule has 1 saturated heterocycles. The fraction of sp³-hybridized carbons (Fsp3) is 0.565. The number of esters is 1. The third kappa shape index (κ3) is 5.74. The highest BCUT2D eigenvalue weighted by molar-refractivity contribution is 7.93. The predicted molar refractivity (Wildman–Crippen MR) is 119 cm³/mol. The molecule has 0 aliphatic carbocycles. The van der Waals surface area contributed by atoms with Crippen LogP contribution in [-0.4, -0.2) is 62.0 Å². The van der Waals surface area contributed by atoms with Gasteiger partial charge in [0.15, 0.2) is 14.6 Å². The van der Waals surface area contributed by atoms with E-state index in [0.29, 0.717) is 12.2 Å². The highest BCUT2D eigenvalue weighted by Gasteiger charge is 2.56. The van der Waals surface area contributed by atoms with E-state index in [1.165, 1.54) is 29.2 Å². The summed E-state index contributed by atoms with van der Waals surface area (Å²) in [5.74, 6) is 5.05. The summed E-state index contributed by atoms with van der Waals surface area (Å²) in [4.78, 5) is 26.9. The molecule has 8 nitrogen and oxygen atoms in total. The number of carbonyl (C=O) groups excluding carboxylic acids is 2. The Morgan fingerprint density at radius 2 is 1.84 bits per heavy atom. The highest BCUT2D eigenvalue weighted by atomic mass is 32.2. The van der Waals surface area contributed by atoms with Gasteiger partial charge in [-0.1, -0.05) is 5.92 Å². The second-order valence-electron chi connectivity index (χ2n) is 8.41. The zero-order valence-corrected chi connectivity index (χ0v) is 20.1. The molecule has 176 valence electrons. The topological polar surface area (TPSA) is 99.2 Å². The molecule has 2 rings (SSSR count). The van der Waals surface area contributed by atoms with E-state index in [0.717, 1.165) is 0 Å². The van der Waals surface area contributed by atoms with Crippen LogP contribution in [0, 0.1) is 11.8 Å². The molecular formula is C23H31NO7S. The van der Waals surface area contributed by atoms with Gasteiger partial charge in [-0.2, -0.15) is 0 Å². The Morgan fingerprint density at radius 1 is 1.19 bits per heavy atom. The van der Waals surface area contributed by atoms with Crippen molar-refractivity contribution in [3.05, 3.63) is 24.3 Å². The molecule has 0 N–H and O–H groups in total. The lowest BCUT2D eigenvalue weighted by molar-refractivity contribution is -0.147. The molecular weight excluding hydrogens is 434 g/mol. The molecule has 0 spiro atoms. The van der Waals surface area contributed by atoms with E-state index in [1.807, 2.05) is 0 Å².